The van der Waals surface area contributed by atoms with Gasteiger partial charge in [0.1, 0.15) is 11.2 Å². The number of para-hydroxylation sites is 2. The lowest BCUT2D eigenvalue weighted by Gasteiger charge is -2.09. The van der Waals surface area contributed by atoms with Gasteiger partial charge in [-0.25, -0.2) is 9.78 Å². The normalized spacial score (nSPS) is 10.8. The molecule has 0 saturated heterocycles. The average Bonchev–Trinajstić information content (AvgIpc) is 3.41. The molecule has 8 nitrogen and oxygen atoms in total. The molecule has 2 aromatic carbocycles. The second-order valence-corrected chi connectivity index (χ2v) is 7.78. The van der Waals surface area contributed by atoms with Crippen molar-refractivity contribution in [3.8, 4) is 0 Å². The number of thioether (sulfide) groups is 1. The minimum atomic E-state index is -0.706. The molecule has 9 heteroatoms. The van der Waals surface area contributed by atoms with Crippen LogP contribution in [0.1, 0.15) is 26.4 Å². The van der Waals surface area contributed by atoms with Crippen molar-refractivity contribution >= 4 is 40.6 Å². The lowest BCUT2D eigenvalue weighted by atomic mass is 10.1. The van der Waals surface area contributed by atoms with Crippen LogP contribution in [-0.2, 0) is 22.3 Å². The van der Waals surface area contributed by atoms with Gasteiger partial charge < -0.3 is 13.7 Å². The Bertz CT molecular complexity index is 1260. The summed E-state index contributed by atoms with van der Waals surface area (Å²) in [6, 6.07) is 17.7. The summed E-state index contributed by atoms with van der Waals surface area (Å²) in [7, 11) is 1.69. The standard InChI is InChI=1S/C23H19N3O5S/c1-26-12-6-10-18(26)21(28)25-20(27)13-30-22(29)16-8-3-2-7-15(16)14-32-23-24-17-9-4-5-11-19(17)31-23/h2-12H,13-14H2,1H3,(H,25,27,28). The largest absolute Gasteiger partial charge is 0.452 e. The fourth-order valence-electron chi connectivity index (χ4n) is 3.03. The van der Waals surface area contributed by atoms with E-state index in [2.05, 4.69) is 10.3 Å². The highest BCUT2D eigenvalue weighted by atomic mass is 32.2. The number of esters is 1. The van der Waals surface area contributed by atoms with Crippen LogP contribution in [0.25, 0.3) is 11.1 Å². The number of hydrogen-bond acceptors (Lipinski definition) is 7. The average molecular weight is 449 g/mol. The first-order valence-corrected chi connectivity index (χ1v) is 10.7. The summed E-state index contributed by atoms with van der Waals surface area (Å²) in [5.41, 5.74) is 2.83. The second kappa shape index (κ2) is 9.52. The molecule has 4 rings (SSSR count). The molecule has 0 saturated carbocycles. The summed E-state index contributed by atoms with van der Waals surface area (Å²) in [5, 5.41) is 2.70. The van der Waals surface area contributed by atoms with Crippen LogP contribution in [0.5, 0.6) is 0 Å². The van der Waals surface area contributed by atoms with E-state index in [0.717, 1.165) is 5.52 Å². The van der Waals surface area contributed by atoms with Crippen LogP contribution in [0.2, 0.25) is 0 Å². The van der Waals surface area contributed by atoms with Crippen molar-refractivity contribution in [1.29, 1.82) is 0 Å². The Labute approximate surface area is 187 Å². The maximum atomic E-state index is 12.6. The highest BCUT2D eigenvalue weighted by Crippen LogP contribution is 2.27. The molecule has 0 fully saturated rings. The molecule has 0 aliphatic heterocycles. The Hall–Kier alpha value is -3.85. The van der Waals surface area contributed by atoms with Crippen molar-refractivity contribution in [3.63, 3.8) is 0 Å². The maximum absolute atomic E-state index is 12.6. The van der Waals surface area contributed by atoms with E-state index in [1.54, 1.807) is 48.1 Å². The van der Waals surface area contributed by atoms with E-state index < -0.39 is 24.4 Å². The fourth-order valence-corrected chi connectivity index (χ4v) is 3.87. The monoisotopic (exact) mass is 449 g/mol. The van der Waals surface area contributed by atoms with E-state index in [1.165, 1.54) is 11.8 Å². The van der Waals surface area contributed by atoms with Gasteiger partial charge >= 0.3 is 5.97 Å². The minimum absolute atomic E-state index is 0.325. The zero-order valence-corrected chi connectivity index (χ0v) is 17.9. The van der Waals surface area contributed by atoms with Crippen molar-refractivity contribution in [1.82, 2.24) is 14.9 Å². The van der Waals surface area contributed by atoms with Crippen LogP contribution in [0.3, 0.4) is 0 Å². The molecule has 2 aromatic heterocycles. The smallest absolute Gasteiger partial charge is 0.338 e. The first kappa shape index (κ1) is 21.4. The third-order valence-electron chi connectivity index (χ3n) is 4.63. The number of aromatic nitrogens is 2. The zero-order valence-electron chi connectivity index (χ0n) is 17.1. The molecule has 0 unspecified atom stereocenters. The summed E-state index contributed by atoms with van der Waals surface area (Å²) in [6.07, 6.45) is 1.69. The number of oxazole rings is 1. The van der Waals surface area contributed by atoms with E-state index >= 15 is 0 Å². The number of fused-ring (bicyclic) bond motifs is 1. The van der Waals surface area contributed by atoms with E-state index in [0.29, 0.717) is 33.4 Å². The van der Waals surface area contributed by atoms with Gasteiger partial charge in [-0.15, -0.1) is 0 Å². The number of benzene rings is 2. The van der Waals surface area contributed by atoms with Crippen molar-refractivity contribution in [3.05, 3.63) is 83.7 Å². The second-order valence-electron chi connectivity index (χ2n) is 6.85. The number of aryl methyl sites for hydroxylation is 1. The first-order valence-electron chi connectivity index (χ1n) is 9.70. The Morgan fingerprint density at radius 1 is 1.06 bits per heavy atom. The third-order valence-corrected chi connectivity index (χ3v) is 5.50. The Morgan fingerprint density at radius 2 is 1.84 bits per heavy atom. The summed E-state index contributed by atoms with van der Waals surface area (Å²) in [4.78, 5) is 41.1. The third kappa shape index (κ3) is 4.89. The number of nitrogens with zero attached hydrogens (tertiary/aromatic N) is 2. The number of imide groups is 1. The van der Waals surface area contributed by atoms with Crippen LogP contribution >= 0.6 is 11.8 Å². The van der Waals surface area contributed by atoms with E-state index in [1.807, 2.05) is 30.3 Å². The van der Waals surface area contributed by atoms with Gasteiger partial charge in [-0.2, -0.15) is 0 Å². The summed E-state index contributed by atoms with van der Waals surface area (Å²) in [6.45, 7) is -0.568. The van der Waals surface area contributed by atoms with E-state index in [-0.39, 0.29) is 0 Å². The van der Waals surface area contributed by atoms with Gasteiger partial charge in [-0.1, -0.05) is 42.1 Å². The van der Waals surface area contributed by atoms with Crippen LogP contribution in [-0.4, -0.2) is 33.9 Å². The van der Waals surface area contributed by atoms with Crippen LogP contribution in [0.4, 0.5) is 0 Å². The van der Waals surface area contributed by atoms with Gasteiger partial charge in [0.25, 0.3) is 17.0 Å². The van der Waals surface area contributed by atoms with Crippen LogP contribution < -0.4 is 5.32 Å². The predicted octanol–water partition coefficient (Wildman–Crippen LogP) is 3.57. The molecule has 2 amide bonds. The summed E-state index contributed by atoms with van der Waals surface area (Å²) >= 11 is 1.35. The maximum Gasteiger partial charge on any atom is 0.338 e. The molecule has 32 heavy (non-hydrogen) atoms. The number of carbonyl (C=O) groups is 3. The molecule has 1 N–H and O–H groups in total. The quantitative estimate of drug-likeness (QED) is 0.340. The predicted molar refractivity (Wildman–Crippen MR) is 118 cm³/mol. The zero-order chi connectivity index (χ0) is 22.5. The molecule has 0 aliphatic rings. The van der Waals surface area contributed by atoms with E-state index in [9.17, 15) is 14.4 Å². The summed E-state index contributed by atoms with van der Waals surface area (Å²) < 4.78 is 12.4. The number of ether oxygens (including phenoxy) is 1. The molecule has 0 spiro atoms. The number of nitrogens with one attached hydrogen (secondary N) is 1. The van der Waals surface area contributed by atoms with Gasteiger partial charge in [0.15, 0.2) is 12.2 Å². The molecule has 2 heterocycles. The minimum Gasteiger partial charge on any atom is -0.452 e. The topological polar surface area (TPSA) is 103 Å². The Morgan fingerprint density at radius 3 is 2.62 bits per heavy atom. The van der Waals surface area contributed by atoms with Crippen LogP contribution in [0, 0.1) is 0 Å². The first-order chi connectivity index (χ1) is 15.5. The van der Waals surface area contributed by atoms with E-state index in [4.69, 9.17) is 9.15 Å². The van der Waals surface area contributed by atoms with Gasteiger partial charge in [0, 0.05) is 19.0 Å². The number of hydrogen-bond donors (Lipinski definition) is 1. The molecule has 0 bridgehead atoms. The molecule has 0 atom stereocenters. The number of amides is 2. The molecular formula is C23H19N3O5S. The number of carbonyl (C=O) groups excluding carboxylic acids is 3. The Kier molecular flexibility index (Phi) is 6.37. The highest BCUT2D eigenvalue weighted by Gasteiger charge is 2.17. The SMILES string of the molecule is Cn1cccc1C(=O)NC(=O)COC(=O)c1ccccc1CSc1nc2ccccc2o1. The molecule has 162 valence electrons. The van der Waals surface area contributed by atoms with Crippen molar-refractivity contribution in [2.24, 2.45) is 7.05 Å². The Balaban J connectivity index is 1.35. The van der Waals surface area contributed by atoms with Gasteiger partial charge in [0.05, 0.1) is 5.56 Å². The molecule has 4 aromatic rings. The van der Waals surface area contributed by atoms with Crippen molar-refractivity contribution in [2.75, 3.05) is 6.61 Å². The molecule has 0 radical (unpaired) electrons. The lowest BCUT2D eigenvalue weighted by Crippen LogP contribution is -2.35. The highest BCUT2D eigenvalue weighted by molar-refractivity contribution is 7.98. The molecule has 0 aliphatic carbocycles. The summed E-state index contributed by atoms with van der Waals surface area (Å²) in [5.74, 6) is -1.49. The fraction of sp³-hybridized carbons (Fsp3) is 0.130. The lowest BCUT2D eigenvalue weighted by molar-refractivity contribution is -0.123. The van der Waals surface area contributed by atoms with Crippen molar-refractivity contribution in [2.45, 2.75) is 11.0 Å². The number of rotatable bonds is 7. The molecular weight excluding hydrogens is 430 g/mol. The van der Waals surface area contributed by atoms with Gasteiger partial charge in [-0.05, 0) is 35.9 Å². The van der Waals surface area contributed by atoms with Gasteiger partial charge in [0.2, 0.25) is 0 Å². The van der Waals surface area contributed by atoms with Crippen molar-refractivity contribution < 1.29 is 23.5 Å². The van der Waals surface area contributed by atoms with Gasteiger partial charge in [-0.3, -0.25) is 14.9 Å². The van der Waals surface area contributed by atoms with Crippen LogP contribution in [0.15, 0.2) is 76.5 Å².